The van der Waals surface area contributed by atoms with Crippen LogP contribution in [-0.2, 0) is 4.79 Å². The largest absolute Gasteiger partial charge is 0.309 e. The molecule has 1 saturated heterocycles. The first kappa shape index (κ1) is 17.8. The van der Waals surface area contributed by atoms with E-state index in [2.05, 4.69) is 4.90 Å². The molecule has 0 saturated carbocycles. The first-order valence-corrected chi connectivity index (χ1v) is 9.73. The van der Waals surface area contributed by atoms with Crippen LogP contribution in [0.5, 0.6) is 0 Å². The average molecular weight is 356 g/mol. The number of benzene rings is 1. The van der Waals surface area contributed by atoms with E-state index in [9.17, 15) is 9.59 Å². The molecule has 4 nitrogen and oxygen atoms in total. The Morgan fingerprint density at radius 2 is 1.84 bits per heavy atom. The smallest absolute Gasteiger partial charge is 0.226 e. The van der Waals surface area contributed by atoms with Crippen molar-refractivity contribution in [3.8, 4) is 0 Å². The number of Topliss-reactive ketones (excluding diaryl/α,β-unsaturated/α-hetero) is 1. The molecule has 0 bridgehead atoms. The molecule has 1 aromatic carbocycles. The number of hydrogen-bond donors (Lipinski definition) is 0. The van der Waals surface area contributed by atoms with Gasteiger partial charge in [-0.3, -0.25) is 14.5 Å². The standard InChI is InChI=1S/C20H24N2O2S/c1-2-20(24)22(16-7-4-3-5-8-16)17-10-12-21(13-11-17)15-18(23)19-9-6-14-25-19/h3-9,14,17H,2,10-13,15H2,1H3. The van der Waals surface area contributed by atoms with Crippen LogP contribution in [0.3, 0.4) is 0 Å². The summed E-state index contributed by atoms with van der Waals surface area (Å²) >= 11 is 1.50. The third-order valence-electron chi connectivity index (χ3n) is 4.69. The van der Waals surface area contributed by atoms with Crippen LogP contribution in [0, 0.1) is 0 Å². The quantitative estimate of drug-likeness (QED) is 0.739. The predicted molar refractivity (Wildman–Crippen MR) is 102 cm³/mol. The van der Waals surface area contributed by atoms with Gasteiger partial charge < -0.3 is 4.90 Å². The summed E-state index contributed by atoms with van der Waals surface area (Å²) in [5.41, 5.74) is 0.975. The van der Waals surface area contributed by atoms with Crippen LogP contribution in [-0.4, -0.2) is 42.3 Å². The Hall–Kier alpha value is -1.98. The fourth-order valence-corrected chi connectivity index (χ4v) is 4.03. The van der Waals surface area contributed by atoms with Gasteiger partial charge in [0.05, 0.1) is 11.4 Å². The van der Waals surface area contributed by atoms with Gasteiger partial charge in [0.15, 0.2) is 5.78 Å². The second kappa shape index (κ2) is 8.41. The van der Waals surface area contributed by atoms with E-state index in [1.807, 2.05) is 59.7 Å². The Morgan fingerprint density at radius 3 is 2.44 bits per heavy atom. The molecule has 1 aliphatic rings. The number of para-hydroxylation sites is 1. The van der Waals surface area contributed by atoms with Crippen molar-refractivity contribution in [3.05, 3.63) is 52.7 Å². The number of carbonyl (C=O) groups excluding carboxylic acids is 2. The van der Waals surface area contributed by atoms with E-state index in [4.69, 9.17) is 0 Å². The van der Waals surface area contributed by atoms with E-state index in [1.54, 1.807) is 0 Å². The number of amides is 1. The number of thiophene rings is 1. The molecular formula is C20H24N2O2S. The summed E-state index contributed by atoms with van der Waals surface area (Å²) in [5, 5.41) is 1.94. The Kier molecular flexibility index (Phi) is 6.00. The summed E-state index contributed by atoms with van der Waals surface area (Å²) in [7, 11) is 0. The topological polar surface area (TPSA) is 40.6 Å². The van der Waals surface area contributed by atoms with Crippen LogP contribution < -0.4 is 4.90 Å². The Bertz CT molecular complexity index is 692. The van der Waals surface area contributed by atoms with Gasteiger partial charge in [0, 0.05) is 31.2 Å². The molecule has 1 amide bonds. The van der Waals surface area contributed by atoms with Crippen molar-refractivity contribution in [1.29, 1.82) is 0 Å². The number of piperidine rings is 1. The number of carbonyl (C=O) groups is 2. The highest BCUT2D eigenvalue weighted by Crippen LogP contribution is 2.25. The van der Waals surface area contributed by atoms with Crippen molar-refractivity contribution in [3.63, 3.8) is 0 Å². The lowest BCUT2D eigenvalue weighted by molar-refractivity contribution is -0.119. The summed E-state index contributed by atoms with van der Waals surface area (Å²) in [4.78, 5) is 29.7. The number of hydrogen-bond acceptors (Lipinski definition) is 4. The molecule has 5 heteroatoms. The van der Waals surface area contributed by atoms with Crippen LogP contribution >= 0.6 is 11.3 Å². The second-order valence-corrected chi connectivity index (χ2v) is 7.31. The van der Waals surface area contributed by atoms with Crippen LogP contribution in [0.1, 0.15) is 35.9 Å². The molecule has 3 rings (SSSR count). The minimum absolute atomic E-state index is 0.166. The van der Waals surface area contributed by atoms with Crippen LogP contribution in [0.2, 0.25) is 0 Å². The van der Waals surface area contributed by atoms with Crippen LogP contribution in [0.25, 0.3) is 0 Å². The summed E-state index contributed by atoms with van der Waals surface area (Å²) in [6.45, 7) is 4.08. The van der Waals surface area contributed by atoms with Gasteiger partial charge in [-0.15, -0.1) is 11.3 Å². The number of ketones is 1. The van der Waals surface area contributed by atoms with Gasteiger partial charge in [0.25, 0.3) is 0 Å². The van der Waals surface area contributed by atoms with Gasteiger partial charge in [-0.25, -0.2) is 0 Å². The van der Waals surface area contributed by atoms with Crippen molar-refractivity contribution >= 4 is 28.7 Å². The fourth-order valence-electron chi connectivity index (χ4n) is 3.37. The maximum atomic E-state index is 12.5. The predicted octanol–water partition coefficient (Wildman–Crippen LogP) is 3.84. The zero-order valence-electron chi connectivity index (χ0n) is 14.6. The molecule has 1 aliphatic heterocycles. The zero-order chi connectivity index (χ0) is 17.6. The first-order chi connectivity index (χ1) is 12.2. The number of rotatable bonds is 6. The lowest BCUT2D eigenvalue weighted by atomic mass is 10.0. The van der Waals surface area contributed by atoms with Gasteiger partial charge in [-0.2, -0.15) is 0 Å². The van der Waals surface area contributed by atoms with Crippen molar-refractivity contribution < 1.29 is 9.59 Å². The third-order valence-corrected chi connectivity index (χ3v) is 5.60. The van der Waals surface area contributed by atoms with Crippen molar-refractivity contribution in [2.45, 2.75) is 32.2 Å². The highest BCUT2D eigenvalue weighted by atomic mass is 32.1. The van der Waals surface area contributed by atoms with E-state index < -0.39 is 0 Å². The van der Waals surface area contributed by atoms with E-state index in [-0.39, 0.29) is 17.7 Å². The maximum Gasteiger partial charge on any atom is 0.226 e. The molecule has 132 valence electrons. The molecule has 25 heavy (non-hydrogen) atoms. The van der Waals surface area contributed by atoms with E-state index in [1.165, 1.54) is 11.3 Å². The van der Waals surface area contributed by atoms with E-state index in [0.717, 1.165) is 36.5 Å². The maximum absolute atomic E-state index is 12.5. The zero-order valence-corrected chi connectivity index (χ0v) is 15.4. The number of likely N-dealkylation sites (tertiary alicyclic amines) is 1. The Morgan fingerprint density at radius 1 is 1.12 bits per heavy atom. The fraction of sp³-hybridized carbons (Fsp3) is 0.400. The lowest BCUT2D eigenvalue weighted by Gasteiger charge is -2.38. The molecule has 0 N–H and O–H groups in total. The van der Waals surface area contributed by atoms with Crippen molar-refractivity contribution in [1.82, 2.24) is 4.90 Å². The molecule has 1 fully saturated rings. The molecule has 0 spiro atoms. The van der Waals surface area contributed by atoms with Gasteiger partial charge in [0.1, 0.15) is 0 Å². The molecule has 0 unspecified atom stereocenters. The summed E-state index contributed by atoms with van der Waals surface area (Å²) in [5.74, 6) is 0.359. The second-order valence-electron chi connectivity index (χ2n) is 6.36. The minimum atomic E-state index is 0.166. The Balaban J connectivity index is 1.61. The minimum Gasteiger partial charge on any atom is -0.309 e. The summed E-state index contributed by atoms with van der Waals surface area (Å²) in [6, 6.07) is 13.9. The van der Waals surface area contributed by atoms with Gasteiger partial charge in [-0.05, 0) is 36.4 Å². The Labute approximate surface area is 153 Å². The van der Waals surface area contributed by atoms with Gasteiger partial charge in [0.2, 0.25) is 5.91 Å². The molecule has 0 atom stereocenters. The normalized spacial score (nSPS) is 15.9. The monoisotopic (exact) mass is 356 g/mol. The van der Waals surface area contributed by atoms with Crippen molar-refractivity contribution in [2.75, 3.05) is 24.5 Å². The highest BCUT2D eigenvalue weighted by molar-refractivity contribution is 7.12. The van der Waals surface area contributed by atoms with Crippen LogP contribution in [0.15, 0.2) is 47.8 Å². The average Bonchev–Trinajstić information content (AvgIpc) is 3.19. The first-order valence-electron chi connectivity index (χ1n) is 8.85. The molecule has 0 radical (unpaired) electrons. The number of nitrogens with zero attached hydrogens (tertiary/aromatic N) is 2. The van der Waals surface area contributed by atoms with E-state index in [0.29, 0.717) is 13.0 Å². The molecule has 1 aromatic heterocycles. The molecule has 2 aromatic rings. The van der Waals surface area contributed by atoms with Crippen molar-refractivity contribution in [2.24, 2.45) is 0 Å². The van der Waals surface area contributed by atoms with Gasteiger partial charge >= 0.3 is 0 Å². The van der Waals surface area contributed by atoms with Crippen LogP contribution in [0.4, 0.5) is 5.69 Å². The molecule has 0 aliphatic carbocycles. The molecular weight excluding hydrogens is 332 g/mol. The third kappa shape index (κ3) is 4.35. The summed E-state index contributed by atoms with van der Waals surface area (Å²) < 4.78 is 0. The molecule has 2 heterocycles. The lowest BCUT2D eigenvalue weighted by Crippen LogP contribution is -2.48. The van der Waals surface area contributed by atoms with Gasteiger partial charge in [-0.1, -0.05) is 31.2 Å². The summed E-state index contributed by atoms with van der Waals surface area (Å²) in [6.07, 6.45) is 2.31. The SMILES string of the molecule is CCC(=O)N(c1ccccc1)C1CCN(CC(=O)c2cccs2)CC1. The van der Waals surface area contributed by atoms with E-state index >= 15 is 0 Å². The number of anilines is 1. The highest BCUT2D eigenvalue weighted by Gasteiger charge is 2.29.